The molecule has 30 heavy (non-hydrogen) atoms. The molecule has 6 nitrogen and oxygen atoms in total. The van der Waals surface area contributed by atoms with E-state index < -0.39 is 21.7 Å². The molecule has 0 saturated carbocycles. The van der Waals surface area contributed by atoms with Gasteiger partial charge in [0.05, 0.1) is 17.1 Å². The van der Waals surface area contributed by atoms with Gasteiger partial charge >= 0.3 is 0 Å². The van der Waals surface area contributed by atoms with Crippen molar-refractivity contribution in [3.05, 3.63) is 64.4 Å². The maximum Gasteiger partial charge on any atom is 0.253 e. The number of sulfonamides is 1. The van der Waals surface area contributed by atoms with Crippen molar-refractivity contribution in [3.8, 4) is 0 Å². The van der Waals surface area contributed by atoms with Gasteiger partial charge in [-0.1, -0.05) is 23.7 Å². The third-order valence-corrected chi connectivity index (χ3v) is 7.09. The highest BCUT2D eigenvalue weighted by atomic mass is 35.5. The van der Waals surface area contributed by atoms with Gasteiger partial charge in [-0.3, -0.25) is 4.79 Å². The summed E-state index contributed by atoms with van der Waals surface area (Å²) < 4.78 is 47.2. The SMILES string of the molecule is CC1CN(S(=O)(=O)c2cccc(C(=O)N(C)Cc3c(F)cccc3Cl)c2)CC(C)O1. The summed E-state index contributed by atoms with van der Waals surface area (Å²) in [6, 6.07) is 10.2. The minimum absolute atomic E-state index is 0.0342. The largest absolute Gasteiger partial charge is 0.373 e. The number of carbonyl (C=O) groups is 1. The lowest BCUT2D eigenvalue weighted by molar-refractivity contribution is -0.0440. The van der Waals surface area contributed by atoms with Crippen LogP contribution in [-0.4, -0.2) is 55.9 Å². The van der Waals surface area contributed by atoms with Crippen LogP contribution in [0.3, 0.4) is 0 Å². The fourth-order valence-corrected chi connectivity index (χ4v) is 5.34. The van der Waals surface area contributed by atoms with Crippen molar-refractivity contribution in [1.82, 2.24) is 9.21 Å². The molecule has 2 aromatic rings. The number of halogens is 2. The zero-order chi connectivity index (χ0) is 22.1. The molecule has 3 rings (SSSR count). The maximum absolute atomic E-state index is 14.0. The van der Waals surface area contributed by atoms with Crippen LogP contribution in [0.25, 0.3) is 0 Å². The molecule has 1 saturated heterocycles. The summed E-state index contributed by atoms with van der Waals surface area (Å²) in [6.07, 6.45) is -0.435. The Balaban J connectivity index is 1.83. The van der Waals surface area contributed by atoms with Gasteiger partial charge in [-0.25, -0.2) is 12.8 Å². The van der Waals surface area contributed by atoms with Crippen LogP contribution in [0, 0.1) is 5.82 Å². The standard InChI is InChI=1S/C21H24ClFN2O4S/c1-14-11-25(12-15(2)29-14)30(27,28)17-7-4-6-16(10-17)21(26)24(3)13-18-19(22)8-5-9-20(18)23/h4-10,14-15H,11-13H2,1-3H3. The molecule has 0 bridgehead atoms. The van der Waals surface area contributed by atoms with E-state index in [1.54, 1.807) is 6.07 Å². The van der Waals surface area contributed by atoms with E-state index in [-0.39, 0.29) is 52.9 Å². The van der Waals surface area contributed by atoms with Crippen LogP contribution < -0.4 is 0 Å². The summed E-state index contributed by atoms with van der Waals surface area (Å²) in [4.78, 5) is 14.2. The van der Waals surface area contributed by atoms with Gasteiger partial charge in [0.15, 0.2) is 0 Å². The monoisotopic (exact) mass is 454 g/mol. The van der Waals surface area contributed by atoms with Crippen LogP contribution in [0.1, 0.15) is 29.8 Å². The Morgan fingerprint density at radius 3 is 2.47 bits per heavy atom. The molecule has 0 aromatic heterocycles. The number of hydrogen-bond donors (Lipinski definition) is 0. The number of hydrogen-bond acceptors (Lipinski definition) is 4. The molecule has 1 fully saturated rings. The highest BCUT2D eigenvalue weighted by Crippen LogP contribution is 2.24. The second-order valence-corrected chi connectivity index (χ2v) is 9.81. The Hall–Kier alpha value is -2.00. The highest BCUT2D eigenvalue weighted by molar-refractivity contribution is 7.89. The molecular weight excluding hydrogens is 431 g/mol. The van der Waals surface area contributed by atoms with Crippen LogP contribution in [0.2, 0.25) is 5.02 Å². The van der Waals surface area contributed by atoms with Gasteiger partial charge in [0.2, 0.25) is 10.0 Å². The van der Waals surface area contributed by atoms with Gasteiger partial charge in [0.25, 0.3) is 5.91 Å². The Morgan fingerprint density at radius 2 is 1.83 bits per heavy atom. The van der Waals surface area contributed by atoms with Gasteiger partial charge < -0.3 is 9.64 Å². The fourth-order valence-electron chi connectivity index (χ4n) is 3.48. The lowest BCUT2D eigenvalue weighted by Gasteiger charge is -2.34. The summed E-state index contributed by atoms with van der Waals surface area (Å²) in [6.45, 7) is 4.09. The molecule has 2 aromatic carbocycles. The van der Waals surface area contributed by atoms with E-state index >= 15 is 0 Å². The van der Waals surface area contributed by atoms with Crippen LogP contribution in [0.15, 0.2) is 47.4 Å². The van der Waals surface area contributed by atoms with Crippen LogP contribution in [0.4, 0.5) is 4.39 Å². The normalized spacial score (nSPS) is 20.2. The Morgan fingerprint density at radius 1 is 1.20 bits per heavy atom. The molecule has 0 aliphatic carbocycles. The van der Waals surface area contributed by atoms with Crippen LogP contribution >= 0.6 is 11.6 Å². The van der Waals surface area contributed by atoms with Crippen molar-refractivity contribution in [3.63, 3.8) is 0 Å². The van der Waals surface area contributed by atoms with E-state index in [1.807, 2.05) is 13.8 Å². The quantitative estimate of drug-likeness (QED) is 0.693. The van der Waals surface area contributed by atoms with Crippen molar-refractivity contribution < 1.29 is 22.3 Å². The smallest absolute Gasteiger partial charge is 0.253 e. The lowest BCUT2D eigenvalue weighted by atomic mass is 10.1. The van der Waals surface area contributed by atoms with E-state index in [4.69, 9.17) is 16.3 Å². The first-order valence-corrected chi connectivity index (χ1v) is 11.4. The van der Waals surface area contributed by atoms with E-state index in [2.05, 4.69) is 0 Å². The third-order valence-electron chi connectivity index (χ3n) is 4.91. The summed E-state index contributed by atoms with van der Waals surface area (Å²) >= 11 is 6.05. The predicted octanol–water partition coefficient (Wildman–Crippen LogP) is 3.55. The molecule has 2 atom stereocenters. The first kappa shape index (κ1) is 22.7. The highest BCUT2D eigenvalue weighted by Gasteiger charge is 2.32. The van der Waals surface area contributed by atoms with Gasteiger partial charge in [0.1, 0.15) is 5.82 Å². The van der Waals surface area contributed by atoms with Crippen LogP contribution in [-0.2, 0) is 21.3 Å². The molecule has 0 radical (unpaired) electrons. The summed E-state index contributed by atoms with van der Waals surface area (Å²) in [5, 5.41) is 0.224. The molecule has 1 heterocycles. The number of morpholine rings is 1. The molecule has 2 unspecified atom stereocenters. The number of nitrogens with zero attached hydrogens (tertiary/aromatic N) is 2. The summed E-state index contributed by atoms with van der Waals surface area (Å²) in [5.74, 6) is -0.941. The molecule has 9 heteroatoms. The number of benzene rings is 2. The number of carbonyl (C=O) groups excluding carboxylic acids is 1. The van der Waals surface area contributed by atoms with Crippen molar-refractivity contribution >= 4 is 27.5 Å². The van der Waals surface area contributed by atoms with Crippen molar-refractivity contribution in [2.75, 3.05) is 20.1 Å². The molecule has 0 spiro atoms. The van der Waals surface area contributed by atoms with Gasteiger partial charge in [0, 0.05) is 42.8 Å². The third kappa shape index (κ3) is 4.83. The van der Waals surface area contributed by atoms with E-state index in [0.717, 1.165) is 0 Å². The Labute approximate surface area is 181 Å². The predicted molar refractivity (Wildman–Crippen MR) is 112 cm³/mol. The first-order valence-electron chi connectivity index (χ1n) is 9.53. The van der Waals surface area contributed by atoms with Gasteiger partial charge in [-0.2, -0.15) is 4.31 Å². The Kier molecular flexibility index (Phi) is 6.81. The molecule has 1 aliphatic heterocycles. The average molecular weight is 455 g/mol. The number of amides is 1. The molecule has 0 N–H and O–H groups in total. The molecule has 1 amide bonds. The topological polar surface area (TPSA) is 66.9 Å². The molecule has 1 aliphatic rings. The minimum atomic E-state index is -3.78. The minimum Gasteiger partial charge on any atom is -0.373 e. The summed E-state index contributed by atoms with van der Waals surface area (Å²) in [7, 11) is -2.27. The van der Waals surface area contributed by atoms with Crippen molar-refractivity contribution in [1.29, 1.82) is 0 Å². The van der Waals surface area contributed by atoms with Crippen molar-refractivity contribution in [2.24, 2.45) is 0 Å². The lowest BCUT2D eigenvalue weighted by Crippen LogP contribution is -2.48. The van der Waals surface area contributed by atoms with E-state index in [0.29, 0.717) is 0 Å². The second kappa shape index (κ2) is 9.01. The molecular formula is C21H24ClFN2O4S. The summed E-state index contributed by atoms with van der Waals surface area (Å²) in [5.41, 5.74) is 0.399. The number of rotatable bonds is 5. The van der Waals surface area contributed by atoms with E-state index in [9.17, 15) is 17.6 Å². The zero-order valence-corrected chi connectivity index (χ0v) is 18.6. The number of ether oxygens (including phenoxy) is 1. The first-order chi connectivity index (χ1) is 14.1. The van der Waals surface area contributed by atoms with Gasteiger partial charge in [-0.15, -0.1) is 0 Å². The maximum atomic E-state index is 14.0. The average Bonchev–Trinajstić information content (AvgIpc) is 2.69. The Bertz CT molecular complexity index is 1020. The zero-order valence-electron chi connectivity index (χ0n) is 17.0. The van der Waals surface area contributed by atoms with E-state index in [1.165, 1.54) is 52.7 Å². The van der Waals surface area contributed by atoms with Crippen LogP contribution in [0.5, 0.6) is 0 Å². The van der Waals surface area contributed by atoms with Crippen molar-refractivity contribution in [2.45, 2.75) is 37.5 Å². The fraction of sp³-hybridized carbons (Fsp3) is 0.381. The second-order valence-electron chi connectivity index (χ2n) is 7.47. The molecule has 162 valence electrons. The van der Waals surface area contributed by atoms with Gasteiger partial charge in [-0.05, 0) is 44.2 Å².